The van der Waals surface area contributed by atoms with E-state index in [-0.39, 0.29) is 33.7 Å². The summed E-state index contributed by atoms with van der Waals surface area (Å²) in [7, 11) is 0. The van der Waals surface area contributed by atoms with Crippen molar-refractivity contribution in [3.8, 4) is 0 Å². The molecular formula is C16H14Cl6O4. The van der Waals surface area contributed by atoms with Gasteiger partial charge in [-0.1, -0.05) is 46.4 Å². The van der Waals surface area contributed by atoms with Gasteiger partial charge in [-0.25, -0.2) is 0 Å². The number of alkyl halides is 4. The van der Waals surface area contributed by atoms with Gasteiger partial charge in [0.1, 0.15) is 22.0 Å². The molecule has 3 fully saturated rings. The highest BCUT2D eigenvalue weighted by Crippen LogP contribution is 2.82. The summed E-state index contributed by atoms with van der Waals surface area (Å²) in [6, 6.07) is 0. The summed E-state index contributed by atoms with van der Waals surface area (Å²) in [6.07, 6.45) is -0.734. The molecular weight excluding hydrogens is 469 g/mol. The Labute approximate surface area is 180 Å². The van der Waals surface area contributed by atoms with E-state index in [1.807, 2.05) is 0 Å². The Kier molecular flexibility index (Phi) is 4.35. The first-order valence-electron chi connectivity index (χ1n) is 8.07. The lowest BCUT2D eigenvalue weighted by Gasteiger charge is -2.44. The van der Waals surface area contributed by atoms with Gasteiger partial charge in [-0.15, -0.1) is 23.2 Å². The number of ether oxygens (including phenoxy) is 2. The molecule has 0 N–H and O–H groups in total. The highest BCUT2D eigenvalue weighted by atomic mass is 35.5. The lowest BCUT2D eigenvalue weighted by atomic mass is 9.70. The van der Waals surface area contributed by atoms with Crippen molar-refractivity contribution in [2.75, 3.05) is 0 Å². The highest BCUT2D eigenvalue weighted by Gasteiger charge is 2.88. The van der Waals surface area contributed by atoms with Gasteiger partial charge in [-0.2, -0.15) is 0 Å². The monoisotopic (exact) mass is 480 g/mol. The Balaban J connectivity index is 1.85. The second-order valence-corrected chi connectivity index (χ2v) is 10.7. The first-order chi connectivity index (χ1) is 11.9. The SMILES string of the molecule is CC(=O)OC1C2CC(C1OC(C)=O)C1C2C2(Cl)C(Cl)=C(Cl)C1(Cl)C2(Cl)Cl. The second kappa shape index (κ2) is 5.73. The van der Waals surface area contributed by atoms with Gasteiger partial charge in [-0.05, 0) is 18.3 Å². The normalized spacial score (nSPS) is 50.2. The smallest absolute Gasteiger partial charge is 0.303 e. The van der Waals surface area contributed by atoms with Crippen molar-refractivity contribution in [2.45, 2.75) is 46.6 Å². The van der Waals surface area contributed by atoms with Crippen molar-refractivity contribution in [1.29, 1.82) is 0 Å². The van der Waals surface area contributed by atoms with Crippen LogP contribution in [0.2, 0.25) is 0 Å². The molecule has 8 atom stereocenters. The van der Waals surface area contributed by atoms with Crippen LogP contribution in [0.1, 0.15) is 20.3 Å². The first-order valence-corrected chi connectivity index (χ1v) is 10.3. The van der Waals surface area contributed by atoms with E-state index in [1.165, 1.54) is 13.8 Å². The summed E-state index contributed by atoms with van der Waals surface area (Å²) in [4.78, 5) is 20.4. The summed E-state index contributed by atoms with van der Waals surface area (Å²) >= 11 is 39.9. The highest BCUT2D eigenvalue weighted by molar-refractivity contribution is 6.65. The molecule has 26 heavy (non-hydrogen) atoms. The Bertz CT molecular complexity index is 695. The van der Waals surface area contributed by atoms with Crippen LogP contribution in [0.15, 0.2) is 10.1 Å². The number of carbonyl (C=O) groups excluding carboxylic acids is 2. The van der Waals surface area contributed by atoms with E-state index in [0.29, 0.717) is 6.42 Å². The minimum Gasteiger partial charge on any atom is -0.458 e. The number of hydrogen-bond acceptors (Lipinski definition) is 4. The van der Waals surface area contributed by atoms with Crippen molar-refractivity contribution in [2.24, 2.45) is 23.7 Å². The number of esters is 2. The van der Waals surface area contributed by atoms with Crippen LogP contribution >= 0.6 is 69.6 Å². The lowest BCUT2D eigenvalue weighted by Crippen LogP contribution is -2.52. The maximum atomic E-state index is 11.6. The molecule has 4 nitrogen and oxygen atoms in total. The summed E-state index contributed by atoms with van der Waals surface area (Å²) in [6.45, 7) is 2.59. The molecule has 0 aromatic rings. The zero-order valence-electron chi connectivity index (χ0n) is 13.6. The Hall–Kier alpha value is 0.420. The van der Waals surface area contributed by atoms with Crippen molar-refractivity contribution in [3.63, 3.8) is 0 Å². The van der Waals surface area contributed by atoms with Gasteiger partial charge in [-0.3, -0.25) is 9.59 Å². The molecule has 0 heterocycles. The Morgan fingerprint density at radius 1 is 0.846 bits per heavy atom. The summed E-state index contributed by atoms with van der Waals surface area (Å²) in [5, 5.41) is 0.250. The molecule has 144 valence electrons. The molecule has 4 bridgehead atoms. The quantitative estimate of drug-likeness (QED) is 0.328. The molecule has 0 spiro atoms. The van der Waals surface area contributed by atoms with E-state index in [0.717, 1.165) is 0 Å². The maximum Gasteiger partial charge on any atom is 0.303 e. The molecule has 0 aliphatic heterocycles. The predicted octanol–water partition coefficient (Wildman–Crippen LogP) is 4.58. The Morgan fingerprint density at radius 2 is 1.19 bits per heavy atom. The molecule has 0 saturated heterocycles. The summed E-state index contributed by atoms with van der Waals surface area (Å²) in [5.41, 5.74) is 0. The zero-order chi connectivity index (χ0) is 19.4. The van der Waals surface area contributed by atoms with E-state index in [4.69, 9.17) is 79.1 Å². The average molecular weight is 483 g/mol. The van der Waals surface area contributed by atoms with E-state index in [2.05, 4.69) is 0 Å². The van der Waals surface area contributed by atoms with Gasteiger partial charge in [0, 0.05) is 25.7 Å². The maximum absolute atomic E-state index is 11.6. The number of halogens is 6. The van der Waals surface area contributed by atoms with Gasteiger partial charge in [0.15, 0.2) is 4.33 Å². The van der Waals surface area contributed by atoms with Crippen LogP contribution in [0.25, 0.3) is 0 Å². The van der Waals surface area contributed by atoms with Crippen LogP contribution in [0.3, 0.4) is 0 Å². The van der Waals surface area contributed by atoms with E-state index < -0.39 is 38.2 Å². The number of allylic oxidation sites excluding steroid dienone is 2. The third-order valence-corrected chi connectivity index (χ3v) is 10.6. The second-order valence-electron chi connectivity index (χ2n) is 7.39. The number of hydrogen-bond donors (Lipinski definition) is 0. The van der Waals surface area contributed by atoms with Crippen LogP contribution in [-0.4, -0.2) is 38.2 Å². The van der Waals surface area contributed by atoms with Crippen molar-refractivity contribution in [1.82, 2.24) is 0 Å². The summed E-state index contributed by atoms with van der Waals surface area (Å²) in [5.74, 6) is -2.21. The van der Waals surface area contributed by atoms with Gasteiger partial charge in [0.2, 0.25) is 0 Å². The van der Waals surface area contributed by atoms with Crippen molar-refractivity contribution >= 4 is 81.5 Å². The van der Waals surface area contributed by atoms with Crippen molar-refractivity contribution < 1.29 is 19.1 Å². The van der Waals surface area contributed by atoms with Gasteiger partial charge < -0.3 is 9.47 Å². The van der Waals surface area contributed by atoms with Crippen molar-refractivity contribution in [3.05, 3.63) is 10.1 Å². The van der Waals surface area contributed by atoms with Crippen LogP contribution < -0.4 is 0 Å². The first kappa shape index (κ1) is 19.7. The lowest BCUT2D eigenvalue weighted by molar-refractivity contribution is -0.175. The number of fused-ring (bicyclic) bond motifs is 9. The van der Waals surface area contributed by atoms with E-state index in [1.54, 1.807) is 0 Å². The topological polar surface area (TPSA) is 52.6 Å². The molecule has 0 aromatic carbocycles. The third kappa shape index (κ3) is 1.97. The third-order valence-electron chi connectivity index (χ3n) is 6.29. The molecule has 4 aliphatic carbocycles. The molecule has 8 unspecified atom stereocenters. The largest absolute Gasteiger partial charge is 0.458 e. The van der Waals surface area contributed by atoms with Gasteiger partial charge in [0.05, 0.1) is 10.1 Å². The zero-order valence-corrected chi connectivity index (χ0v) is 18.1. The Morgan fingerprint density at radius 3 is 1.50 bits per heavy atom. The minimum atomic E-state index is -1.66. The number of carbonyl (C=O) groups is 2. The minimum absolute atomic E-state index is 0.125. The fourth-order valence-corrected chi connectivity index (χ4v) is 8.79. The molecule has 0 aromatic heterocycles. The molecule has 0 radical (unpaired) electrons. The molecule has 0 amide bonds. The van der Waals surface area contributed by atoms with Crippen LogP contribution in [0.5, 0.6) is 0 Å². The van der Waals surface area contributed by atoms with E-state index in [9.17, 15) is 9.59 Å². The number of rotatable bonds is 2. The van der Waals surface area contributed by atoms with Gasteiger partial charge >= 0.3 is 11.9 Å². The predicted molar refractivity (Wildman–Crippen MR) is 100 cm³/mol. The standard InChI is InChI=1S/C16H14Cl6O4/c1-4(23)25-10-6-3-7(11(10)26-5(2)24)9-8(6)14(19)12(17)13(18)15(9,20)16(14,21)22/h6-11H,3H2,1-2H3. The van der Waals surface area contributed by atoms with Gasteiger partial charge in [0.25, 0.3) is 0 Å². The van der Waals surface area contributed by atoms with Crippen LogP contribution in [-0.2, 0) is 19.1 Å². The summed E-state index contributed by atoms with van der Waals surface area (Å²) < 4.78 is 9.32. The van der Waals surface area contributed by atoms with E-state index >= 15 is 0 Å². The molecule has 10 heteroatoms. The average Bonchev–Trinajstić information content (AvgIpc) is 3.12. The van der Waals surface area contributed by atoms with Crippen LogP contribution in [0.4, 0.5) is 0 Å². The molecule has 3 saturated carbocycles. The fraction of sp³-hybridized carbons (Fsp3) is 0.750. The molecule has 4 rings (SSSR count). The molecule has 4 aliphatic rings. The fourth-order valence-electron chi connectivity index (χ4n) is 5.65. The van der Waals surface area contributed by atoms with Crippen LogP contribution in [0, 0.1) is 23.7 Å².